The van der Waals surface area contributed by atoms with E-state index in [-0.39, 0.29) is 18.4 Å². The lowest BCUT2D eigenvalue weighted by atomic mass is 10.0. The molecule has 2 amide bonds. The molecule has 2 N–H and O–H groups in total. The third kappa shape index (κ3) is 5.78. The number of fused-ring (bicyclic) bond motifs is 1. The van der Waals surface area contributed by atoms with Crippen molar-refractivity contribution in [3.63, 3.8) is 0 Å². The second-order valence-corrected chi connectivity index (χ2v) is 7.32. The van der Waals surface area contributed by atoms with Crippen LogP contribution in [0.2, 0.25) is 0 Å². The molecule has 0 bridgehead atoms. The zero-order valence-corrected chi connectivity index (χ0v) is 16.6. The molecule has 0 spiro atoms. The van der Waals surface area contributed by atoms with Crippen LogP contribution >= 0.6 is 0 Å². The normalized spacial score (nSPS) is 15.5. The lowest BCUT2D eigenvalue weighted by Gasteiger charge is -2.34. The molecule has 1 aliphatic heterocycles. The van der Waals surface area contributed by atoms with E-state index in [1.165, 1.54) is 16.3 Å². The lowest BCUT2D eigenvalue weighted by Crippen LogP contribution is -2.49. The Morgan fingerprint density at radius 1 is 0.893 bits per heavy atom. The van der Waals surface area contributed by atoms with Gasteiger partial charge in [0.1, 0.15) is 0 Å². The predicted octanol–water partition coefficient (Wildman–Crippen LogP) is 1.60. The maximum atomic E-state index is 12.1. The number of piperazine rings is 1. The Labute approximate surface area is 166 Å². The van der Waals surface area contributed by atoms with Crippen LogP contribution in [0.5, 0.6) is 0 Å². The van der Waals surface area contributed by atoms with Crippen LogP contribution in [-0.4, -0.2) is 67.4 Å². The molecule has 2 aromatic carbocycles. The van der Waals surface area contributed by atoms with Crippen LogP contribution < -0.4 is 10.6 Å². The Morgan fingerprint density at radius 2 is 1.61 bits per heavy atom. The molecule has 28 heavy (non-hydrogen) atoms. The van der Waals surface area contributed by atoms with Crippen molar-refractivity contribution in [3.8, 4) is 0 Å². The van der Waals surface area contributed by atoms with E-state index in [0.29, 0.717) is 13.1 Å². The Balaban J connectivity index is 1.42. The van der Waals surface area contributed by atoms with E-state index in [9.17, 15) is 9.59 Å². The standard InChI is InChI=1S/C22H30N4O2/c1-2-10-23-21(27)15-24-22(28)17-26-13-11-25(12-14-26)16-19-8-5-7-18-6-3-4-9-20(18)19/h3-9H,2,10-17H2,1H3,(H,23,27)(H,24,28). The van der Waals surface area contributed by atoms with Crippen molar-refractivity contribution >= 4 is 22.6 Å². The molecule has 1 heterocycles. The van der Waals surface area contributed by atoms with E-state index < -0.39 is 0 Å². The van der Waals surface area contributed by atoms with E-state index in [2.05, 4.69) is 62.9 Å². The number of amides is 2. The number of benzene rings is 2. The molecule has 6 nitrogen and oxygen atoms in total. The highest BCUT2D eigenvalue weighted by Gasteiger charge is 2.19. The molecule has 1 fully saturated rings. The van der Waals surface area contributed by atoms with Crippen molar-refractivity contribution in [2.24, 2.45) is 0 Å². The molecule has 2 aromatic rings. The van der Waals surface area contributed by atoms with Gasteiger partial charge in [-0.2, -0.15) is 0 Å². The van der Waals surface area contributed by atoms with Gasteiger partial charge in [-0.1, -0.05) is 49.4 Å². The summed E-state index contributed by atoms with van der Waals surface area (Å²) in [5.74, 6) is -0.218. The van der Waals surface area contributed by atoms with Crippen molar-refractivity contribution in [1.29, 1.82) is 0 Å². The number of hydrogen-bond acceptors (Lipinski definition) is 4. The minimum Gasteiger partial charge on any atom is -0.355 e. The predicted molar refractivity (Wildman–Crippen MR) is 112 cm³/mol. The molecule has 1 saturated heterocycles. The molecule has 3 rings (SSSR count). The highest BCUT2D eigenvalue weighted by molar-refractivity contribution is 5.86. The summed E-state index contributed by atoms with van der Waals surface area (Å²) in [6.45, 7) is 7.58. The maximum Gasteiger partial charge on any atom is 0.239 e. The fraction of sp³-hybridized carbons (Fsp3) is 0.455. The zero-order valence-electron chi connectivity index (χ0n) is 16.6. The van der Waals surface area contributed by atoms with Crippen molar-refractivity contribution in [3.05, 3.63) is 48.0 Å². The Kier molecular flexibility index (Phi) is 7.39. The number of carbonyl (C=O) groups excluding carboxylic acids is 2. The van der Waals surface area contributed by atoms with Crippen LogP contribution in [0.3, 0.4) is 0 Å². The molecular weight excluding hydrogens is 352 g/mol. The van der Waals surface area contributed by atoms with E-state index in [0.717, 1.165) is 39.1 Å². The van der Waals surface area contributed by atoms with Crippen LogP contribution in [0.1, 0.15) is 18.9 Å². The lowest BCUT2D eigenvalue weighted by molar-refractivity contribution is -0.127. The van der Waals surface area contributed by atoms with Crippen molar-refractivity contribution < 1.29 is 9.59 Å². The molecule has 0 unspecified atom stereocenters. The summed E-state index contributed by atoms with van der Waals surface area (Å²) in [5.41, 5.74) is 1.35. The summed E-state index contributed by atoms with van der Waals surface area (Å²) in [4.78, 5) is 28.2. The highest BCUT2D eigenvalue weighted by Crippen LogP contribution is 2.20. The van der Waals surface area contributed by atoms with Gasteiger partial charge in [0.15, 0.2) is 0 Å². The molecule has 0 aromatic heterocycles. The monoisotopic (exact) mass is 382 g/mol. The Morgan fingerprint density at radius 3 is 2.39 bits per heavy atom. The van der Waals surface area contributed by atoms with E-state index in [1.807, 2.05) is 6.92 Å². The van der Waals surface area contributed by atoms with Crippen LogP contribution in [0.25, 0.3) is 10.8 Å². The van der Waals surface area contributed by atoms with Gasteiger partial charge in [-0.25, -0.2) is 0 Å². The molecule has 0 saturated carbocycles. The van der Waals surface area contributed by atoms with Crippen LogP contribution in [0.4, 0.5) is 0 Å². The Hall–Kier alpha value is -2.44. The minimum atomic E-state index is -0.130. The van der Waals surface area contributed by atoms with Crippen LogP contribution in [-0.2, 0) is 16.1 Å². The molecule has 6 heteroatoms. The number of carbonyl (C=O) groups is 2. The van der Waals surface area contributed by atoms with Crippen molar-refractivity contribution in [1.82, 2.24) is 20.4 Å². The third-order valence-electron chi connectivity index (χ3n) is 5.12. The second kappa shape index (κ2) is 10.2. The average Bonchev–Trinajstić information content (AvgIpc) is 2.72. The first-order valence-corrected chi connectivity index (χ1v) is 10.1. The van der Waals surface area contributed by atoms with Crippen molar-refractivity contribution in [2.75, 3.05) is 45.8 Å². The number of hydrogen-bond donors (Lipinski definition) is 2. The Bertz CT molecular complexity index is 795. The quantitative estimate of drug-likeness (QED) is 0.728. The molecule has 150 valence electrons. The van der Waals surface area contributed by atoms with Gasteiger partial charge in [-0.15, -0.1) is 0 Å². The maximum absolute atomic E-state index is 12.1. The summed E-state index contributed by atoms with van der Waals surface area (Å²) in [5, 5.41) is 8.05. The van der Waals surface area contributed by atoms with Gasteiger partial charge in [0.25, 0.3) is 0 Å². The van der Waals surface area contributed by atoms with E-state index >= 15 is 0 Å². The summed E-state index contributed by atoms with van der Waals surface area (Å²) in [6.07, 6.45) is 0.892. The molecule has 0 atom stereocenters. The first-order chi connectivity index (χ1) is 13.7. The molecular formula is C22H30N4O2. The van der Waals surface area contributed by atoms with E-state index in [1.54, 1.807) is 0 Å². The van der Waals surface area contributed by atoms with Gasteiger partial charge in [-0.05, 0) is 22.8 Å². The van der Waals surface area contributed by atoms with Gasteiger partial charge in [0, 0.05) is 39.3 Å². The van der Waals surface area contributed by atoms with Crippen LogP contribution in [0.15, 0.2) is 42.5 Å². The summed E-state index contributed by atoms with van der Waals surface area (Å²) < 4.78 is 0. The SMILES string of the molecule is CCCNC(=O)CNC(=O)CN1CCN(Cc2cccc3ccccc23)CC1. The minimum absolute atomic E-state index is 0.0554. The summed E-state index contributed by atoms with van der Waals surface area (Å²) in [7, 11) is 0. The number of nitrogens with zero attached hydrogens (tertiary/aromatic N) is 2. The van der Waals surface area contributed by atoms with Crippen LogP contribution in [0, 0.1) is 0 Å². The molecule has 1 aliphatic rings. The van der Waals surface area contributed by atoms with Gasteiger partial charge in [0.05, 0.1) is 13.1 Å². The van der Waals surface area contributed by atoms with Gasteiger partial charge >= 0.3 is 0 Å². The first-order valence-electron chi connectivity index (χ1n) is 10.1. The third-order valence-corrected chi connectivity index (χ3v) is 5.12. The van der Waals surface area contributed by atoms with E-state index in [4.69, 9.17) is 0 Å². The zero-order chi connectivity index (χ0) is 19.8. The largest absolute Gasteiger partial charge is 0.355 e. The number of rotatable bonds is 8. The van der Waals surface area contributed by atoms with Gasteiger partial charge < -0.3 is 10.6 Å². The fourth-order valence-corrected chi connectivity index (χ4v) is 3.54. The topological polar surface area (TPSA) is 64.7 Å². The highest BCUT2D eigenvalue weighted by atomic mass is 16.2. The molecule has 0 aliphatic carbocycles. The van der Waals surface area contributed by atoms with Gasteiger partial charge in [-0.3, -0.25) is 19.4 Å². The fourth-order valence-electron chi connectivity index (χ4n) is 3.54. The van der Waals surface area contributed by atoms with Crippen molar-refractivity contribution in [2.45, 2.75) is 19.9 Å². The average molecular weight is 383 g/mol. The summed E-state index contributed by atoms with van der Waals surface area (Å²) in [6, 6.07) is 15.0. The molecule has 0 radical (unpaired) electrons. The number of nitrogens with one attached hydrogen (secondary N) is 2. The first kappa shape index (κ1) is 20.3. The smallest absolute Gasteiger partial charge is 0.239 e. The second-order valence-electron chi connectivity index (χ2n) is 7.32. The van der Waals surface area contributed by atoms with Gasteiger partial charge in [0.2, 0.25) is 11.8 Å². The summed E-state index contributed by atoms with van der Waals surface area (Å²) >= 11 is 0.